The van der Waals surface area contributed by atoms with Crippen LogP contribution < -0.4 is 0 Å². The smallest absolute Gasteiger partial charge is 0.475 e. The second-order valence-corrected chi connectivity index (χ2v) is 8.52. The van der Waals surface area contributed by atoms with Crippen LogP contribution in [0.2, 0.25) is 0 Å². The molecule has 0 spiro atoms. The summed E-state index contributed by atoms with van der Waals surface area (Å²) in [5.41, 5.74) is 3.22. The summed E-state index contributed by atoms with van der Waals surface area (Å²) in [6, 6.07) is 17.1. The Balaban J connectivity index is 0.000000384. The second kappa shape index (κ2) is 9.84. The third-order valence-corrected chi connectivity index (χ3v) is 6.24. The van der Waals surface area contributed by atoms with Gasteiger partial charge in [-0.15, -0.1) is 0 Å². The minimum atomic E-state index is -5.08. The molecule has 4 heterocycles. The van der Waals surface area contributed by atoms with Crippen molar-refractivity contribution in [3.05, 3.63) is 89.5 Å². The molecule has 3 aromatic rings. The van der Waals surface area contributed by atoms with Gasteiger partial charge in [0.15, 0.2) is 0 Å². The first-order chi connectivity index (χ1) is 17.1. The Labute approximate surface area is 204 Å². The summed E-state index contributed by atoms with van der Waals surface area (Å²) >= 11 is 0. The molecule has 36 heavy (non-hydrogen) atoms. The first-order valence-corrected chi connectivity index (χ1v) is 11.1. The number of benzene rings is 1. The highest BCUT2D eigenvalue weighted by atomic mass is 19.4. The van der Waals surface area contributed by atoms with Crippen molar-refractivity contribution >= 4 is 17.8 Å². The van der Waals surface area contributed by atoms with E-state index in [2.05, 4.69) is 4.98 Å². The maximum Gasteiger partial charge on any atom is 0.490 e. The van der Waals surface area contributed by atoms with Crippen molar-refractivity contribution in [1.82, 2.24) is 19.4 Å². The van der Waals surface area contributed by atoms with Crippen molar-refractivity contribution in [2.75, 3.05) is 13.1 Å². The monoisotopic (exact) mass is 500 g/mol. The summed E-state index contributed by atoms with van der Waals surface area (Å²) in [6.07, 6.45) is -1.39. The predicted octanol–water partition coefficient (Wildman–Crippen LogP) is 3.55. The third kappa shape index (κ3) is 4.95. The van der Waals surface area contributed by atoms with Gasteiger partial charge in [0, 0.05) is 31.0 Å². The number of pyridine rings is 1. The molecule has 1 saturated heterocycles. The highest BCUT2D eigenvalue weighted by molar-refractivity contribution is 5.97. The van der Waals surface area contributed by atoms with Gasteiger partial charge in [-0.25, -0.2) is 4.79 Å². The van der Waals surface area contributed by atoms with E-state index in [4.69, 9.17) is 9.90 Å². The minimum absolute atomic E-state index is 0.00732. The summed E-state index contributed by atoms with van der Waals surface area (Å²) < 4.78 is 33.8. The average Bonchev–Trinajstić information content (AvgIpc) is 3.50. The van der Waals surface area contributed by atoms with Gasteiger partial charge in [0.2, 0.25) is 0 Å². The molecule has 2 unspecified atom stereocenters. The number of hydrogen-bond donors (Lipinski definition) is 1. The number of likely N-dealkylation sites (tertiary alicyclic amines) is 1. The number of halogens is 3. The number of amides is 2. The van der Waals surface area contributed by atoms with Gasteiger partial charge in [0.1, 0.15) is 5.69 Å². The Morgan fingerprint density at radius 1 is 1.03 bits per heavy atom. The Bertz CT molecular complexity index is 1280. The molecule has 0 bridgehead atoms. The lowest BCUT2D eigenvalue weighted by Crippen LogP contribution is -2.50. The number of fused-ring (bicyclic) bond motifs is 3. The molecule has 1 N–H and O–H groups in total. The van der Waals surface area contributed by atoms with E-state index < -0.39 is 12.1 Å². The Morgan fingerprint density at radius 3 is 2.33 bits per heavy atom. The van der Waals surface area contributed by atoms with Crippen molar-refractivity contribution in [2.45, 2.75) is 31.7 Å². The zero-order chi connectivity index (χ0) is 26.0. The number of carbonyl (C=O) groups excluding carboxylic acids is 2. The van der Waals surface area contributed by atoms with Gasteiger partial charge in [-0.2, -0.15) is 13.2 Å². The van der Waals surface area contributed by atoms with Crippen LogP contribution in [0, 0.1) is 6.92 Å². The largest absolute Gasteiger partial charge is 0.490 e. The third-order valence-electron chi connectivity index (χ3n) is 6.24. The highest BCUT2D eigenvalue weighted by Gasteiger charge is 2.46. The van der Waals surface area contributed by atoms with Gasteiger partial charge in [-0.3, -0.25) is 14.6 Å². The minimum Gasteiger partial charge on any atom is -0.475 e. The molecule has 0 aliphatic carbocycles. The molecule has 2 aromatic heterocycles. The molecule has 188 valence electrons. The molecule has 1 aromatic carbocycles. The fraction of sp³-hybridized carbons (Fsp3) is 0.280. The van der Waals surface area contributed by atoms with Gasteiger partial charge < -0.3 is 19.5 Å². The molecule has 1 fully saturated rings. The zero-order valence-corrected chi connectivity index (χ0v) is 19.2. The molecule has 2 amide bonds. The SMILES string of the molecule is Cc1ccccc1C(=O)N1CC2C(C1)n1cccc1C(=O)N2Cc1ccccn1.O=C(O)C(F)(F)F. The summed E-state index contributed by atoms with van der Waals surface area (Å²) in [5.74, 6) is -2.74. The van der Waals surface area contributed by atoms with Crippen LogP contribution in [0.4, 0.5) is 13.2 Å². The number of carboxylic acids is 1. The molecular formula is C25H23F3N4O4. The number of nitrogens with zero attached hydrogens (tertiary/aromatic N) is 4. The number of carbonyl (C=O) groups is 3. The summed E-state index contributed by atoms with van der Waals surface area (Å²) in [4.78, 5) is 43.5. The molecule has 2 atom stereocenters. The number of rotatable bonds is 3. The van der Waals surface area contributed by atoms with E-state index in [0.717, 1.165) is 16.8 Å². The summed E-state index contributed by atoms with van der Waals surface area (Å²) in [7, 11) is 0. The fourth-order valence-corrected chi connectivity index (χ4v) is 4.52. The van der Waals surface area contributed by atoms with Gasteiger partial charge in [-0.05, 0) is 42.8 Å². The Hall–Kier alpha value is -4.15. The number of aromatic nitrogens is 2. The zero-order valence-electron chi connectivity index (χ0n) is 19.2. The second-order valence-electron chi connectivity index (χ2n) is 8.52. The lowest BCUT2D eigenvalue weighted by molar-refractivity contribution is -0.192. The molecule has 2 aliphatic rings. The van der Waals surface area contributed by atoms with E-state index in [1.54, 1.807) is 6.20 Å². The van der Waals surface area contributed by atoms with Crippen LogP contribution in [0.1, 0.15) is 38.1 Å². The number of hydrogen-bond acceptors (Lipinski definition) is 4. The van der Waals surface area contributed by atoms with Crippen LogP contribution in [0.25, 0.3) is 0 Å². The van der Waals surface area contributed by atoms with E-state index in [0.29, 0.717) is 25.3 Å². The number of carboxylic acid groups (broad SMARTS) is 1. The standard InChI is InChI=1S/C23H22N4O2.C2HF3O2/c1-16-7-2-3-9-18(16)22(28)25-14-20-21(15-25)27(13-17-8-4-5-11-24-17)23(29)19-10-6-12-26(19)20;3-2(4,5)1(6)7/h2-12,20-21H,13-15H2,1H3;(H,6,7). The molecule has 2 aliphatic heterocycles. The van der Waals surface area contributed by atoms with E-state index in [1.165, 1.54) is 0 Å². The van der Waals surface area contributed by atoms with Crippen molar-refractivity contribution < 1.29 is 32.7 Å². The molecule has 8 nitrogen and oxygen atoms in total. The number of alkyl halides is 3. The van der Waals surface area contributed by atoms with Crippen LogP contribution in [0.5, 0.6) is 0 Å². The number of aryl methyl sites for hydroxylation is 1. The van der Waals surface area contributed by atoms with Crippen molar-refractivity contribution in [3.8, 4) is 0 Å². The molecular weight excluding hydrogens is 477 g/mol. The van der Waals surface area contributed by atoms with E-state index >= 15 is 0 Å². The lowest BCUT2D eigenvalue weighted by Gasteiger charge is -2.37. The summed E-state index contributed by atoms with van der Waals surface area (Å²) in [5, 5.41) is 7.12. The fourth-order valence-electron chi connectivity index (χ4n) is 4.52. The van der Waals surface area contributed by atoms with Gasteiger partial charge in [-0.1, -0.05) is 24.3 Å². The van der Waals surface area contributed by atoms with E-state index in [9.17, 15) is 22.8 Å². The maximum absolute atomic E-state index is 13.2. The normalized spacial score (nSPS) is 18.7. The quantitative estimate of drug-likeness (QED) is 0.594. The molecule has 0 radical (unpaired) electrons. The first-order valence-electron chi connectivity index (χ1n) is 11.1. The van der Waals surface area contributed by atoms with Crippen molar-refractivity contribution in [1.29, 1.82) is 0 Å². The van der Waals surface area contributed by atoms with Gasteiger partial charge in [0.25, 0.3) is 11.8 Å². The van der Waals surface area contributed by atoms with Crippen LogP contribution in [-0.2, 0) is 11.3 Å². The molecule has 5 rings (SSSR count). The Morgan fingerprint density at radius 2 is 1.69 bits per heavy atom. The van der Waals surface area contributed by atoms with Crippen LogP contribution in [0.15, 0.2) is 67.0 Å². The Kier molecular flexibility index (Phi) is 6.82. The number of aliphatic carboxylic acids is 1. The van der Waals surface area contributed by atoms with Crippen molar-refractivity contribution in [2.24, 2.45) is 0 Å². The molecule has 0 saturated carbocycles. The van der Waals surface area contributed by atoms with E-state index in [-0.39, 0.29) is 23.9 Å². The lowest BCUT2D eigenvalue weighted by atomic mass is 10.1. The van der Waals surface area contributed by atoms with Gasteiger partial charge >= 0.3 is 12.1 Å². The highest BCUT2D eigenvalue weighted by Crippen LogP contribution is 2.35. The maximum atomic E-state index is 13.2. The van der Waals surface area contributed by atoms with Crippen LogP contribution >= 0.6 is 0 Å². The molecule has 11 heteroatoms. The average molecular weight is 500 g/mol. The van der Waals surface area contributed by atoms with Crippen LogP contribution in [0.3, 0.4) is 0 Å². The van der Waals surface area contributed by atoms with Gasteiger partial charge in [0.05, 0.1) is 24.3 Å². The van der Waals surface area contributed by atoms with Crippen LogP contribution in [-0.4, -0.2) is 67.5 Å². The summed E-state index contributed by atoms with van der Waals surface area (Å²) in [6.45, 7) is 3.51. The van der Waals surface area contributed by atoms with E-state index in [1.807, 2.05) is 82.1 Å². The topological polar surface area (TPSA) is 95.7 Å². The first kappa shape index (κ1) is 25.0. The predicted molar refractivity (Wildman–Crippen MR) is 122 cm³/mol. The van der Waals surface area contributed by atoms with Crippen molar-refractivity contribution in [3.63, 3.8) is 0 Å².